The number of aliphatic hydroxyl groups excluding tert-OH is 1. The molecule has 0 fully saturated rings. The lowest BCUT2D eigenvalue weighted by atomic mass is 9.88. The highest BCUT2D eigenvalue weighted by Gasteiger charge is 2.25. The molecule has 0 bridgehead atoms. The minimum atomic E-state index is -3.46. The molecule has 0 unspecified atom stereocenters. The van der Waals surface area contributed by atoms with Crippen LogP contribution in [0.1, 0.15) is 45.7 Å². The summed E-state index contributed by atoms with van der Waals surface area (Å²) < 4.78 is 25.8. The summed E-state index contributed by atoms with van der Waals surface area (Å²) in [6, 6.07) is 1.83. The maximum atomic E-state index is 12.2. The third-order valence-electron chi connectivity index (χ3n) is 3.28. The third kappa shape index (κ3) is 5.05. The van der Waals surface area contributed by atoms with Gasteiger partial charge >= 0.3 is 0 Å². The van der Waals surface area contributed by atoms with Crippen molar-refractivity contribution in [3.63, 3.8) is 0 Å². The molecule has 1 rings (SSSR count). The second kappa shape index (κ2) is 6.85. The van der Waals surface area contributed by atoms with Gasteiger partial charge < -0.3 is 5.11 Å². The average molecular weight is 314 g/mol. The van der Waals surface area contributed by atoms with Crippen molar-refractivity contribution < 1.29 is 13.5 Å². The molecule has 1 heterocycles. The lowest BCUT2D eigenvalue weighted by molar-refractivity contribution is 0.306. The van der Waals surface area contributed by atoms with Crippen molar-refractivity contribution in [2.24, 2.45) is 0 Å². The molecule has 0 amide bonds. The van der Waals surface area contributed by atoms with Crippen molar-refractivity contribution >= 4 is 10.0 Å². The number of aliphatic hydroxyl groups is 1. The number of sulfonamides is 1. The molecule has 0 saturated carbocycles. The molecule has 0 radical (unpaired) electrons. The lowest BCUT2D eigenvalue weighted by Crippen LogP contribution is -2.38. The highest BCUT2D eigenvalue weighted by Crippen LogP contribution is 2.23. The molecular weight excluding hydrogens is 288 g/mol. The highest BCUT2D eigenvalue weighted by molar-refractivity contribution is 7.89. The van der Waals surface area contributed by atoms with Crippen LogP contribution in [-0.4, -0.2) is 41.2 Å². The van der Waals surface area contributed by atoms with E-state index in [4.69, 9.17) is 5.11 Å². The minimum absolute atomic E-state index is 0.0321. The van der Waals surface area contributed by atoms with Gasteiger partial charge in [-0.3, -0.25) is 4.98 Å². The van der Waals surface area contributed by atoms with E-state index in [0.717, 1.165) is 11.1 Å². The zero-order valence-corrected chi connectivity index (χ0v) is 14.3. The van der Waals surface area contributed by atoms with Crippen molar-refractivity contribution in [2.75, 3.05) is 12.4 Å². The van der Waals surface area contributed by atoms with Gasteiger partial charge in [0, 0.05) is 25.0 Å². The number of hydrogen-bond acceptors (Lipinski definition) is 4. The number of aromatic nitrogens is 1. The Labute approximate surface area is 128 Å². The van der Waals surface area contributed by atoms with Crippen LogP contribution in [0.25, 0.3) is 0 Å². The Morgan fingerprint density at radius 3 is 2.38 bits per heavy atom. The summed E-state index contributed by atoms with van der Waals surface area (Å²) in [7, 11) is -3.46. The van der Waals surface area contributed by atoms with Crippen LogP contribution in [0.5, 0.6) is 0 Å². The maximum absolute atomic E-state index is 12.2. The zero-order chi connectivity index (χ0) is 16.3. The Morgan fingerprint density at radius 2 is 1.90 bits per heavy atom. The molecule has 0 aromatic carbocycles. The summed E-state index contributed by atoms with van der Waals surface area (Å²) in [4.78, 5) is 4.22. The molecule has 0 spiro atoms. The first-order chi connectivity index (χ1) is 9.58. The van der Waals surface area contributed by atoms with Gasteiger partial charge in [0.25, 0.3) is 0 Å². The van der Waals surface area contributed by atoms with Gasteiger partial charge in [0.2, 0.25) is 10.0 Å². The van der Waals surface area contributed by atoms with Crippen LogP contribution in [0.15, 0.2) is 18.5 Å². The molecule has 0 atom stereocenters. The van der Waals surface area contributed by atoms with Gasteiger partial charge in [-0.2, -0.15) is 4.31 Å². The summed E-state index contributed by atoms with van der Waals surface area (Å²) in [5.41, 5.74) is 1.90. The third-order valence-corrected chi connectivity index (χ3v) is 5.25. The lowest BCUT2D eigenvalue weighted by Gasteiger charge is -2.26. The Hall–Kier alpha value is -0.980. The monoisotopic (exact) mass is 314 g/mol. The molecule has 1 N–H and O–H groups in total. The van der Waals surface area contributed by atoms with E-state index < -0.39 is 10.0 Å². The molecule has 6 heteroatoms. The quantitative estimate of drug-likeness (QED) is 0.871. The highest BCUT2D eigenvalue weighted by atomic mass is 32.2. The van der Waals surface area contributed by atoms with Crippen molar-refractivity contribution in [1.82, 2.24) is 9.29 Å². The van der Waals surface area contributed by atoms with E-state index in [2.05, 4.69) is 25.8 Å². The predicted octanol–water partition coefficient (Wildman–Crippen LogP) is 1.91. The molecule has 120 valence electrons. The minimum Gasteiger partial charge on any atom is -0.395 e. The van der Waals surface area contributed by atoms with Crippen molar-refractivity contribution in [1.29, 1.82) is 0 Å². The van der Waals surface area contributed by atoms with Crippen LogP contribution < -0.4 is 0 Å². The molecule has 1 aromatic heterocycles. The molecule has 21 heavy (non-hydrogen) atoms. The number of hydrogen-bond donors (Lipinski definition) is 1. The van der Waals surface area contributed by atoms with Gasteiger partial charge in [0.1, 0.15) is 0 Å². The van der Waals surface area contributed by atoms with E-state index in [9.17, 15) is 8.42 Å². The summed E-state index contributed by atoms with van der Waals surface area (Å²) in [6.45, 7) is 9.85. The summed E-state index contributed by atoms with van der Waals surface area (Å²) in [5.74, 6) is -0.252. The second-order valence-corrected chi connectivity index (χ2v) is 8.55. The van der Waals surface area contributed by atoms with Gasteiger partial charge in [-0.25, -0.2) is 8.42 Å². The largest absolute Gasteiger partial charge is 0.395 e. The maximum Gasteiger partial charge on any atom is 0.216 e. The van der Waals surface area contributed by atoms with Gasteiger partial charge in [0.05, 0.1) is 12.4 Å². The number of rotatable bonds is 6. The normalized spacial score (nSPS) is 13.1. The first-order valence-electron chi connectivity index (χ1n) is 7.12. The van der Waals surface area contributed by atoms with Gasteiger partial charge in [-0.1, -0.05) is 26.8 Å². The Kier molecular flexibility index (Phi) is 5.90. The van der Waals surface area contributed by atoms with Crippen molar-refractivity contribution in [3.05, 3.63) is 29.6 Å². The molecule has 5 nitrogen and oxygen atoms in total. The first kappa shape index (κ1) is 18.1. The first-order valence-corrected chi connectivity index (χ1v) is 8.73. The standard InChI is InChI=1S/C15H26N2O3S/c1-12(2)17(21(19,20)7-6-18)11-13-8-14(10-16-9-13)15(3,4)5/h8-10,12,18H,6-7,11H2,1-5H3. The van der Waals surface area contributed by atoms with Crippen LogP contribution in [0.2, 0.25) is 0 Å². The van der Waals surface area contributed by atoms with Crippen LogP contribution in [0.4, 0.5) is 0 Å². The van der Waals surface area contributed by atoms with E-state index >= 15 is 0 Å². The Balaban J connectivity index is 3.06. The van der Waals surface area contributed by atoms with Gasteiger partial charge in [-0.05, 0) is 30.4 Å². The predicted molar refractivity (Wildman–Crippen MR) is 84.5 cm³/mol. The van der Waals surface area contributed by atoms with E-state index in [1.165, 1.54) is 4.31 Å². The van der Waals surface area contributed by atoms with E-state index in [1.807, 2.05) is 26.1 Å². The smallest absolute Gasteiger partial charge is 0.216 e. The van der Waals surface area contributed by atoms with Crippen LogP contribution in [0.3, 0.4) is 0 Å². The van der Waals surface area contributed by atoms with E-state index in [1.54, 1.807) is 6.20 Å². The van der Waals surface area contributed by atoms with Gasteiger partial charge in [0.15, 0.2) is 0 Å². The average Bonchev–Trinajstić information content (AvgIpc) is 2.34. The fourth-order valence-corrected chi connectivity index (χ4v) is 3.45. The fourth-order valence-electron chi connectivity index (χ4n) is 2.00. The van der Waals surface area contributed by atoms with Crippen molar-refractivity contribution in [2.45, 2.75) is 52.6 Å². The molecule has 1 aromatic rings. The molecule has 0 aliphatic heterocycles. The second-order valence-electron chi connectivity index (χ2n) is 6.51. The van der Waals surface area contributed by atoms with Crippen LogP contribution >= 0.6 is 0 Å². The van der Waals surface area contributed by atoms with Gasteiger partial charge in [-0.15, -0.1) is 0 Å². The number of pyridine rings is 1. The summed E-state index contributed by atoms with van der Waals surface area (Å²) in [6.07, 6.45) is 3.50. The fraction of sp³-hybridized carbons (Fsp3) is 0.667. The Morgan fingerprint density at radius 1 is 1.29 bits per heavy atom. The zero-order valence-electron chi connectivity index (χ0n) is 13.5. The summed E-state index contributed by atoms with van der Waals surface area (Å²) in [5, 5.41) is 8.93. The van der Waals surface area contributed by atoms with Crippen molar-refractivity contribution in [3.8, 4) is 0 Å². The molecule has 0 saturated heterocycles. The molecule has 0 aliphatic rings. The topological polar surface area (TPSA) is 70.5 Å². The Bertz CT molecular complexity index is 563. The van der Waals surface area contributed by atoms with E-state index in [-0.39, 0.29) is 30.4 Å². The van der Waals surface area contributed by atoms with E-state index in [0.29, 0.717) is 0 Å². The molecule has 0 aliphatic carbocycles. The SMILES string of the molecule is CC(C)N(Cc1cncc(C(C)(C)C)c1)S(=O)(=O)CCO. The van der Waals surface area contributed by atoms with Crippen LogP contribution in [-0.2, 0) is 22.0 Å². The summed E-state index contributed by atoms with van der Waals surface area (Å²) >= 11 is 0. The van der Waals surface area contributed by atoms with Crippen LogP contribution in [0, 0.1) is 0 Å². The molecular formula is C15H26N2O3S. The number of nitrogens with zero attached hydrogens (tertiary/aromatic N) is 2.